The van der Waals surface area contributed by atoms with Crippen molar-refractivity contribution in [2.45, 2.75) is 18.7 Å². The summed E-state index contributed by atoms with van der Waals surface area (Å²) in [6, 6.07) is 4.42. The Morgan fingerprint density at radius 2 is 1.88 bits per heavy atom. The van der Waals surface area contributed by atoms with Crippen LogP contribution in [-0.2, 0) is 10.0 Å². The Morgan fingerprint density at radius 1 is 1.20 bits per heavy atom. The maximum absolute atomic E-state index is 12.3. The number of amides is 2. The number of aryl methyl sites for hydroxylation is 2. The van der Waals surface area contributed by atoms with Gasteiger partial charge in [-0.2, -0.15) is 0 Å². The van der Waals surface area contributed by atoms with Gasteiger partial charge < -0.3 is 4.52 Å². The zero-order valence-electron chi connectivity index (χ0n) is 13.4. The molecule has 132 valence electrons. The van der Waals surface area contributed by atoms with E-state index in [1.165, 1.54) is 32.0 Å². The molecule has 3 rings (SSSR count). The third kappa shape index (κ3) is 3.06. The first-order valence-electron chi connectivity index (χ1n) is 7.30. The van der Waals surface area contributed by atoms with Gasteiger partial charge in [0.1, 0.15) is 10.6 Å². The molecule has 1 aromatic heterocycles. The van der Waals surface area contributed by atoms with E-state index in [0.717, 1.165) is 4.90 Å². The molecule has 1 aliphatic heterocycles. The minimum atomic E-state index is -3.86. The van der Waals surface area contributed by atoms with Crippen molar-refractivity contribution in [1.82, 2.24) is 14.8 Å². The third-order valence-electron chi connectivity index (χ3n) is 3.80. The van der Waals surface area contributed by atoms with E-state index in [4.69, 9.17) is 16.1 Å². The Labute approximate surface area is 148 Å². The Hall–Kier alpha value is -2.23. The number of halogens is 1. The molecule has 0 radical (unpaired) electrons. The highest BCUT2D eigenvalue weighted by Crippen LogP contribution is 2.25. The number of fused-ring (bicyclic) bond motifs is 1. The number of nitrogens with zero attached hydrogens (tertiary/aromatic N) is 2. The third-order valence-corrected chi connectivity index (χ3v) is 5.74. The average Bonchev–Trinajstić information content (AvgIpc) is 2.99. The van der Waals surface area contributed by atoms with E-state index in [1.54, 1.807) is 0 Å². The fraction of sp³-hybridized carbons (Fsp3) is 0.267. The van der Waals surface area contributed by atoms with Gasteiger partial charge in [-0.1, -0.05) is 16.8 Å². The average molecular weight is 384 g/mol. The molecule has 0 bridgehead atoms. The number of imide groups is 1. The molecule has 2 aromatic rings. The number of aromatic nitrogens is 1. The monoisotopic (exact) mass is 383 g/mol. The van der Waals surface area contributed by atoms with E-state index in [0.29, 0.717) is 5.02 Å². The highest BCUT2D eigenvalue weighted by Gasteiger charge is 2.35. The van der Waals surface area contributed by atoms with Gasteiger partial charge in [-0.3, -0.25) is 14.5 Å². The summed E-state index contributed by atoms with van der Waals surface area (Å²) in [5.41, 5.74) is 0.703. The maximum Gasteiger partial charge on any atom is 0.261 e. The first-order valence-corrected chi connectivity index (χ1v) is 9.17. The second-order valence-corrected chi connectivity index (χ2v) is 7.64. The summed E-state index contributed by atoms with van der Waals surface area (Å²) in [6.45, 7) is 2.76. The van der Waals surface area contributed by atoms with Crippen LogP contribution in [0.2, 0.25) is 5.02 Å². The molecular formula is C15H14ClN3O5S. The number of carbonyl (C=O) groups is 2. The number of hydrogen-bond acceptors (Lipinski definition) is 6. The minimum absolute atomic E-state index is 0.0401. The Balaban J connectivity index is 1.71. The summed E-state index contributed by atoms with van der Waals surface area (Å²) < 4.78 is 31.8. The Kier molecular flexibility index (Phi) is 4.40. The van der Waals surface area contributed by atoms with Crippen LogP contribution in [-0.4, -0.2) is 43.4 Å². The van der Waals surface area contributed by atoms with E-state index in [1.807, 2.05) is 0 Å². The van der Waals surface area contributed by atoms with E-state index < -0.39 is 21.8 Å². The van der Waals surface area contributed by atoms with Crippen LogP contribution >= 0.6 is 11.6 Å². The predicted molar refractivity (Wildman–Crippen MR) is 88.0 cm³/mol. The quantitative estimate of drug-likeness (QED) is 0.784. The van der Waals surface area contributed by atoms with Gasteiger partial charge in [0.25, 0.3) is 11.8 Å². The standard InChI is InChI=1S/C15H14ClN3O5S/c1-8-13(9(2)24-18-8)25(22,23)17-5-6-19-14(20)11-4-3-10(16)7-12(11)15(19)21/h3-4,7,17H,5-6H2,1-2H3. The fourth-order valence-electron chi connectivity index (χ4n) is 2.69. The largest absolute Gasteiger partial charge is 0.360 e. The molecular weight excluding hydrogens is 370 g/mol. The van der Waals surface area contributed by atoms with Crippen molar-refractivity contribution in [1.29, 1.82) is 0 Å². The molecule has 0 unspecified atom stereocenters. The number of sulfonamides is 1. The lowest BCUT2D eigenvalue weighted by molar-refractivity contribution is 0.0657. The molecule has 0 fully saturated rings. The second-order valence-electron chi connectivity index (χ2n) is 5.50. The highest BCUT2D eigenvalue weighted by molar-refractivity contribution is 7.89. The molecule has 0 atom stereocenters. The van der Waals surface area contributed by atoms with Crippen LogP contribution in [0.5, 0.6) is 0 Å². The molecule has 0 saturated carbocycles. The molecule has 1 aromatic carbocycles. The van der Waals surface area contributed by atoms with Crippen LogP contribution in [0.15, 0.2) is 27.6 Å². The van der Waals surface area contributed by atoms with Gasteiger partial charge in [0.15, 0.2) is 5.76 Å². The molecule has 1 aliphatic rings. The molecule has 8 nitrogen and oxygen atoms in total. The second kappa shape index (κ2) is 6.25. The molecule has 1 N–H and O–H groups in total. The van der Waals surface area contributed by atoms with Crippen LogP contribution in [0, 0.1) is 13.8 Å². The number of carbonyl (C=O) groups excluding carboxylic acids is 2. The zero-order chi connectivity index (χ0) is 18.4. The van der Waals surface area contributed by atoms with Crippen molar-refractivity contribution in [3.8, 4) is 0 Å². The van der Waals surface area contributed by atoms with Gasteiger partial charge >= 0.3 is 0 Å². The van der Waals surface area contributed by atoms with E-state index in [-0.39, 0.29) is 40.6 Å². The van der Waals surface area contributed by atoms with Crippen molar-refractivity contribution in [3.05, 3.63) is 45.8 Å². The normalized spacial score (nSPS) is 14.3. The topological polar surface area (TPSA) is 110 Å². The SMILES string of the molecule is Cc1noc(C)c1S(=O)(=O)NCCN1C(=O)c2ccc(Cl)cc2C1=O. The lowest BCUT2D eigenvalue weighted by atomic mass is 10.1. The van der Waals surface area contributed by atoms with E-state index >= 15 is 0 Å². The first-order chi connectivity index (χ1) is 11.7. The van der Waals surface area contributed by atoms with Crippen LogP contribution in [0.1, 0.15) is 32.2 Å². The number of nitrogens with one attached hydrogen (secondary N) is 1. The number of benzene rings is 1. The first kappa shape index (κ1) is 17.6. The van der Waals surface area contributed by atoms with Crippen molar-refractivity contribution < 1.29 is 22.5 Å². The molecule has 0 spiro atoms. The molecule has 0 aliphatic carbocycles. The summed E-state index contributed by atoms with van der Waals surface area (Å²) in [5.74, 6) is -0.812. The Bertz CT molecular complexity index is 964. The molecule has 0 saturated heterocycles. The fourth-order valence-corrected chi connectivity index (χ4v) is 4.21. The van der Waals surface area contributed by atoms with Gasteiger partial charge in [-0.15, -0.1) is 0 Å². The molecule has 2 heterocycles. The lowest BCUT2D eigenvalue weighted by Gasteiger charge is -2.14. The summed E-state index contributed by atoms with van der Waals surface area (Å²) in [6.07, 6.45) is 0. The summed E-state index contributed by atoms with van der Waals surface area (Å²) in [4.78, 5) is 25.5. The van der Waals surface area contributed by atoms with Crippen LogP contribution in [0.4, 0.5) is 0 Å². The van der Waals surface area contributed by atoms with Gasteiger partial charge in [-0.05, 0) is 32.0 Å². The van der Waals surface area contributed by atoms with Crippen LogP contribution < -0.4 is 4.72 Å². The minimum Gasteiger partial charge on any atom is -0.360 e. The molecule has 2 amide bonds. The van der Waals surface area contributed by atoms with Crippen LogP contribution in [0.3, 0.4) is 0 Å². The van der Waals surface area contributed by atoms with Crippen molar-refractivity contribution in [2.24, 2.45) is 0 Å². The van der Waals surface area contributed by atoms with Gasteiger partial charge in [0.2, 0.25) is 10.0 Å². The van der Waals surface area contributed by atoms with Crippen molar-refractivity contribution in [3.63, 3.8) is 0 Å². The smallest absolute Gasteiger partial charge is 0.261 e. The molecule has 10 heteroatoms. The zero-order valence-corrected chi connectivity index (χ0v) is 14.9. The predicted octanol–water partition coefficient (Wildman–Crippen LogP) is 1.52. The van der Waals surface area contributed by atoms with Crippen molar-refractivity contribution in [2.75, 3.05) is 13.1 Å². The lowest BCUT2D eigenvalue weighted by Crippen LogP contribution is -2.38. The Morgan fingerprint density at radius 3 is 2.52 bits per heavy atom. The van der Waals surface area contributed by atoms with Gasteiger partial charge in [-0.25, -0.2) is 13.1 Å². The van der Waals surface area contributed by atoms with Crippen LogP contribution in [0.25, 0.3) is 0 Å². The summed E-state index contributed by atoms with van der Waals surface area (Å²) in [5, 5.41) is 3.95. The van der Waals surface area contributed by atoms with Crippen molar-refractivity contribution >= 4 is 33.4 Å². The number of hydrogen-bond donors (Lipinski definition) is 1. The van der Waals surface area contributed by atoms with Gasteiger partial charge in [0, 0.05) is 18.1 Å². The summed E-state index contributed by atoms with van der Waals surface area (Å²) in [7, 11) is -3.86. The number of rotatable bonds is 5. The maximum atomic E-state index is 12.3. The van der Waals surface area contributed by atoms with E-state index in [2.05, 4.69) is 9.88 Å². The summed E-state index contributed by atoms with van der Waals surface area (Å²) >= 11 is 5.85. The van der Waals surface area contributed by atoms with Gasteiger partial charge in [0.05, 0.1) is 11.1 Å². The molecule has 25 heavy (non-hydrogen) atoms. The highest BCUT2D eigenvalue weighted by atomic mass is 35.5. The van der Waals surface area contributed by atoms with E-state index in [9.17, 15) is 18.0 Å².